The Morgan fingerprint density at radius 3 is 2.43 bits per heavy atom. The van der Waals surface area contributed by atoms with Crippen molar-refractivity contribution < 1.29 is 14.3 Å². The van der Waals surface area contributed by atoms with Crippen LogP contribution in [0.25, 0.3) is 0 Å². The fraction of sp³-hybridized carbons (Fsp3) is 0.500. The van der Waals surface area contributed by atoms with E-state index in [-0.39, 0.29) is 18.0 Å². The van der Waals surface area contributed by atoms with Crippen LogP contribution in [0.4, 0.5) is 10.5 Å². The van der Waals surface area contributed by atoms with E-state index in [0.717, 1.165) is 43.2 Å². The van der Waals surface area contributed by atoms with Crippen LogP contribution < -0.4 is 15.0 Å². The van der Waals surface area contributed by atoms with Crippen molar-refractivity contribution in [3.8, 4) is 5.75 Å². The molecule has 0 unspecified atom stereocenters. The van der Waals surface area contributed by atoms with Gasteiger partial charge in [0.1, 0.15) is 5.75 Å². The summed E-state index contributed by atoms with van der Waals surface area (Å²) in [5.41, 5.74) is 1.61. The summed E-state index contributed by atoms with van der Waals surface area (Å²) >= 11 is 0. The molecule has 6 rings (SSSR count). The smallest absolute Gasteiger partial charge is 0.325 e. The predicted molar refractivity (Wildman–Crippen MR) is 135 cm³/mol. The zero-order valence-electron chi connectivity index (χ0n) is 20.4. The number of fused-ring (bicyclic) bond motifs is 4. The molecule has 1 aliphatic carbocycles. The number of hydrogen-bond acceptors (Lipinski definition) is 4. The first-order valence-electron chi connectivity index (χ1n) is 13.0. The van der Waals surface area contributed by atoms with Crippen molar-refractivity contribution in [2.75, 3.05) is 31.1 Å². The molecular formula is C28H34N4O3. The minimum Gasteiger partial charge on any atom is -0.467 e. The number of para-hydroxylation sites is 1. The lowest BCUT2D eigenvalue weighted by atomic mass is 9.90. The predicted octanol–water partition coefficient (Wildman–Crippen LogP) is 4.55. The number of rotatable bonds is 3. The number of benzene rings is 2. The number of carbonyl (C=O) groups excluding carboxylic acids is 2. The highest BCUT2D eigenvalue weighted by molar-refractivity contribution is 5.97. The van der Waals surface area contributed by atoms with E-state index in [1.165, 1.54) is 32.1 Å². The minimum absolute atomic E-state index is 0.0667. The molecule has 184 valence electrons. The molecule has 2 atom stereocenters. The van der Waals surface area contributed by atoms with Gasteiger partial charge in [0.15, 0.2) is 5.72 Å². The molecule has 0 radical (unpaired) electrons. The van der Waals surface area contributed by atoms with Gasteiger partial charge in [-0.1, -0.05) is 37.5 Å². The number of carbonyl (C=O) groups is 2. The summed E-state index contributed by atoms with van der Waals surface area (Å²) in [6, 6.07) is 15.7. The van der Waals surface area contributed by atoms with E-state index in [4.69, 9.17) is 4.74 Å². The van der Waals surface area contributed by atoms with Gasteiger partial charge in [0, 0.05) is 55.5 Å². The van der Waals surface area contributed by atoms with E-state index in [2.05, 4.69) is 10.2 Å². The summed E-state index contributed by atoms with van der Waals surface area (Å²) in [5, 5.41) is 3.13. The van der Waals surface area contributed by atoms with Gasteiger partial charge in [0.05, 0.1) is 6.04 Å². The molecule has 4 aliphatic rings. The van der Waals surface area contributed by atoms with E-state index >= 15 is 0 Å². The molecule has 2 saturated heterocycles. The van der Waals surface area contributed by atoms with Gasteiger partial charge in [-0.2, -0.15) is 0 Å². The van der Waals surface area contributed by atoms with Gasteiger partial charge in [-0.05, 0) is 50.1 Å². The number of nitrogens with one attached hydrogen (secondary N) is 1. The lowest BCUT2D eigenvalue weighted by Crippen LogP contribution is -2.65. The summed E-state index contributed by atoms with van der Waals surface area (Å²) < 4.78 is 6.35. The highest BCUT2D eigenvalue weighted by Crippen LogP contribution is 2.45. The van der Waals surface area contributed by atoms with Crippen LogP contribution in [0.2, 0.25) is 0 Å². The Hall–Kier alpha value is -3.06. The van der Waals surface area contributed by atoms with Crippen molar-refractivity contribution >= 4 is 17.6 Å². The normalized spacial score (nSPS) is 27.1. The number of anilines is 1. The molecule has 3 aliphatic heterocycles. The maximum absolute atomic E-state index is 13.2. The van der Waals surface area contributed by atoms with Crippen LogP contribution in [-0.2, 0) is 0 Å². The number of ether oxygens (including phenoxy) is 1. The Morgan fingerprint density at radius 2 is 1.69 bits per heavy atom. The second kappa shape index (κ2) is 8.86. The van der Waals surface area contributed by atoms with Crippen molar-refractivity contribution in [3.63, 3.8) is 0 Å². The molecule has 3 heterocycles. The zero-order chi connectivity index (χ0) is 24.0. The van der Waals surface area contributed by atoms with Crippen molar-refractivity contribution in [2.24, 2.45) is 0 Å². The molecule has 1 saturated carbocycles. The molecule has 7 nitrogen and oxygen atoms in total. The second-order valence-corrected chi connectivity index (χ2v) is 10.5. The fourth-order valence-corrected chi connectivity index (χ4v) is 6.39. The van der Waals surface area contributed by atoms with Crippen LogP contribution in [0.1, 0.15) is 67.4 Å². The highest BCUT2D eigenvalue weighted by Gasteiger charge is 2.49. The molecule has 2 bridgehead atoms. The van der Waals surface area contributed by atoms with Crippen molar-refractivity contribution in [1.82, 2.24) is 15.1 Å². The van der Waals surface area contributed by atoms with E-state index in [1.54, 1.807) is 4.90 Å². The standard InChI is InChI=1S/C28H34N4O3/c1-28-19-24(23-9-5-6-10-25(23)35-28)29-27(34)32(28)22-13-11-20(12-14-22)26(33)31-17-15-30(16-18-31)21-7-3-2-4-8-21/h5-6,9-14,21,24H,2-4,7-8,15-19H2,1H3,(H,29,34)/t24-,28-/m1/s1. The van der Waals surface area contributed by atoms with Crippen LogP contribution in [0.15, 0.2) is 48.5 Å². The van der Waals surface area contributed by atoms with E-state index < -0.39 is 5.72 Å². The zero-order valence-corrected chi connectivity index (χ0v) is 20.4. The molecular weight excluding hydrogens is 440 g/mol. The largest absolute Gasteiger partial charge is 0.467 e. The van der Waals surface area contributed by atoms with Crippen molar-refractivity contribution in [2.45, 2.75) is 63.3 Å². The molecule has 3 fully saturated rings. The number of amides is 3. The maximum Gasteiger partial charge on any atom is 0.325 e. The molecule has 2 aromatic carbocycles. The van der Waals surface area contributed by atoms with E-state index in [0.29, 0.717) is 18.0 Å². The van der Waals surface area contributed by atoms with Crippen LogP contribution >= 0.6 is 0 Å². The van der Waals surface area contributed by atoms with E-state index in [1.807, 2.05) is 60.4 Å². The Balaban J connectivity index is 1.14. The molecule has 3 amide bonds. The quantitative estimate of drug-likeness (QED) is 0.709. The number of nitrogens with zero attached hydrogens (tertiary/aromatic N) is 3. The summed E-state index contributed by atoms with van der Waals surface area (Å²) in [6.07, 6.45) is 7.29. The molecule has 2 aromatic rings. The average molecular weight is 475 g/mol. The van der Waals surface area contributed by atoms with Gasteiger partial charge < -0.3 is 15.0 Å². The van der Waals surface area contributed by atoms with Crippen molar-refractivity contribution in [3.05, 3.63) is 59.7 Å². The molecule has 1 N–H and O–H groups in total. The van der Waals surface area contributed by atoms with Gasteiger partial charge in [-0.25, -0.2) is 4.79 Å². The first-order chi connectivity index (χ1) is 17.0. The molecule has 0 spiro atoms. The van der Waals surface area contributed by atoms with Crippen LogP contribution in [0.3, 0.4) is 0 Å². The van der Waals surface area contributed by atoms with Gasteiger partial charge in [-0.3, -0.25) is 14.6 Å². The van der Waals surface area contributed by atoms with Crippen molar-refractivity contribution in [1.29, 1.82) is 0 Å². The Kier molecular flexibility index (Phi) is 5.67. The van der Waals surface area contributed by atoms with E-state index in [9.17, 15) is 9.59 Å². The Morgan fingerprint density at radius 1 is 0.971 bits per heavy atom. The summed E-state index contributed by atoms with van der Waals surface area (Å²) in [7, 11) is 0. The Labute approximate surface area is 207 Å². The first-order valence-corrected chi connectivity index (χ1v) is 13.0. The maximum atomic E-state index is 13.2. The van der Waals surface area contributed by atoms with Crippen LogP contribution in [0.5, 0.6) is 5.75 Å². The van der Waals surface area contributed by atoms with Crippen LogP contribution in [-0.4, -0.2) is 59.7 Å². The third-order valence-electron chi connectivity index (χ3n) is 8.25. The highest BCUT2D eigenvalue weighted by atomic mass is 16.5. The molecule has 0 aromatic heterocycles. The molecule has 35 heavy (non-hydrogen) atoms. The number of piperazine rings is 1. The lowest BCUT2D eigenvalue weighted by molar-refractivity contribution is 0.0379. The van der Waals surface area contributed by atoms with Gasteiger partial charge in [0.25, 0.3) is 5.91 Å². The SMILES string of the molecule is C[C@@]12C[C@@H](NC(=O)N1c1ccc(C(=O)N3CCN(C4CCCCC4)CC3)cc1)c1ccccc1O2. The third kappa shape index (κ3) is 4.05. The van der Waals surface area contributed by atoms with Gasteiger partial charge in [0.2, 0.25) is 0 Å². The minimum atomic E-state index is -0.789. The monoisotopic (exact) mass is 474 g/mol. The van der Waals surface area contributed by atoms with Gasteiger partial charge in [-0.15, -0.1) is 0 Å². The molecule has 7 heteroatoms. The van der Waals surface area contributed by atoms with Crippen LogP contribution in [0, 0.1) is 0 Å². The summed E-state index contributed by atoms with van der Waals surface area (Å²) in [5.74, 6) is 0.868. The number of hydrogen-bond donors (Lipinski definition) is 1. The topological polar surface area (TPSA) is 65.1 Å². The Bertz CT molecular complexity index is 1110. The lowest BCUT2D eigenvalue weighted by Gasteiger charge is -2.50. The van der Waals surface area contributed by atoms with Gasteiger partial charge >= 0.3 is 6.03 Å². The average Bonchev–Trinajstić information content (AvgIpc) is 2.89. The first kappa shape index (κ1) is 22.4. The number of urea groups is 1. The summed E-state index contributed by atoms with van der Waals surface area (Å²) in [4.78, 5) is 32.5. The second-order valence-electron chi connectivity index (χ2n) is 10.5. The summed E-state index contributed by atoms with van der Waals surface area (Å²) in [6.45, 7) is 5.43. The fourth-order valence-electron chi connectivity index (χ4n) is 6.39. The third-order valence-corrected chi connectivity index (χ3v) is 8.25.